The third kappa shape index (κ3) is 3.25. The topological polar surface area (TPSA) is 32.3 Å². The molecular weight excluding hydrogens is 205 g/mol. The molecule has 0 heterocycles. The molecule has 0 spiro atoms. The van der Waals surface area contributed by atoms with E-state index in [1.54, 1.807) is 19.2 Å². The van der Waals surface area contributed by atoms with Crippen molar-refractivity contribution in [3.8, 4) is 0 Å². The highest BCUT2D eigenvalue weighted by molar-refractivity contribution is 5.85. The second-order valence-electron chi connectivity index (χ2n) is 3.07. The maximum atomic E-state index is 12.5. The summed E-state index contributed by atoms with van der Waals surface area (Å²) in [6, 6.07) is 5.84. The Morgan fingerprint density at radius 2 is 1.79 bits per heavy atom. The van der Waals surface area contributed by atoms with Gasteiger partial charge in [-0.2, -0.15) is 0 Å². The Morgan fingerprint density at radius 3 is 2.21 bits per heavy atom. The van der Waals surface area contributed by atoms with Crippen LogP contribution in [-0.4, -0.2) is 18.2 Å². The molecule has 1 rings (SSSR count). The molecule has 0 saturated heterocycles. The average molecular weight is 220 g/mol. The van der Waals surface area contributed by atoms with Gasteiger partial charge in [0.2, 0.25) is 0 Å². The van der Waals surface area contributed by atoms with Crippen molar-refractivity contribution in [2.24, 2.45) is 0 Å². The zero-order valence-electron chi connectivity index (χ0n) is 8.20. The molecule has 4 heteroatoms. The molecule has 1 aromatic rings. The minimum atomic E-state index is -0.592. The van der Waals surface area contributed by atoms with Gasteiger partial charge in [0.25, 0.3) is 0 Å². The van der Waals surface area contributed by atoms with Crippen molar-refractivity contribution in [1.29, 1.82) is 0 Å². The fraction of sp³-hybridized carbons (Fsp3) is 0.400. The van der Waals surface area contributed by atoms with Gasteiger partial charge in [-0.15, -0.1) is 12.4 Å². The van der Waals surface area contributed by atoms with E-state index in [-0.39, 0.29) is 24.3 Å². The van der Waals surface area contributed by atoms with E-state index in [9.17, 15) is 9.50 Å². The smallest absolute Gasteiger partial charge is 0.123 e. The summed E-state index contributed by atoms with van der Waals surface area (Å²) in [5.41, 5.74) is 0.725. The van der Waals surface area contributed by atoms with E-state index in [1.165, 1.54) is 12.1 Å². The quantitative estimate of drug-likeness (QED) is 0.814. The van der Waals surface area contributed by atoms with Crippen LogP contribution in [0.15, 0.2) is 24.3 Å². The Balaban J connectivity index is 0.00000169. The van der Waals surface area contributed by atoms with Crippen molar-refractivity contribution in [3.63, 3.8) is 0 Å². The van der Waals surface area contributed by atoms with Gasteiger partial charge in [0, 0.05) is 6.04 Å². The predicted octanol–water partition coefficient (Wildman–Crippen LogP) is 1.89. The number of nitrogens with one attached hydrogen (secondary N) is 1. The summed E-state index contributed by atoms with van der Waals surface area (Å²) >= 11 is 0. The van der Waals surface area contributed by atoms with Crippen LogP contribution >= 0.6 is 12.4 Å². The first-order valence-electron chi connectivity index (χ1n) is 4.26. The van der Waals surface area contributed by atoms with E-state index in [1.807, 2.05) is 6.92 Å². The summed E-state index contributed by atoms with van der Waals surface area (Å²) in [4.78, 5) is 0. The van der Waals surface area contributed by atoms with Crippen LogP contribution in [0.4, 0.5) is 4.39 Å². The lowest BCUT2D eigenvalue weighted by Gasteiger charge is -2.18. The maximum absolute atomic E-state index is 12.5. The Morgan fingerprint density at radius 1 is 1.29 bits per heavy atom. The summed E-state index contributed by atoms with van der Waals surface area (Å²) in [5.74, 6) is -0.284. The molecule has 0 aliphatic heterocycles. The second kappa shape index (κ2) is 5.96. The zero-order valence-corrected chi connectivity index (χ0v) is 9.01. The first-order chi connectivity index (χ1) is 6.15. The number of benzene rings is 1. The highest BCUT2D eigenvalue weighted by Gasteiger charge is 2.13. The molecule has 0 amide bonds. The predicted molar refractivity (Wildman–Crippen MR) is 57.1 cm³/mol. The van der Waals surface area contributed by atoms with Crippen LogP contribution in [0, 0.1) is 5.82 Å². The number of aliphatic hydroxyl groups is 1. The molecule has 0 aromatic heterocycles. The molecule has 0 aliphatic carbocycles. The van der Waals surface area contributed by atoms with Crippen LogP contribution in [0.3, 0.4) is 0 Å². The Kier molecular flexibility index (Phi) is 5.69. The molecule has 80 valence electrons. The molecule has 0 saturated carbocycles. The highest BCUT2D eigenvalue weighted by atomic mass is 35.5. The van der Waals surface area contributed by atoms with Crippen molar-refractivity contribution in [1.82, 2.24) is 5.32 Å². The van der Waals surface area contributed by atoms with E-state index in [4.69, 9.17) is 0 Å². The lowest BCUT2D eigenvalue weighted by molar-refractivity contribution is 0.140. The Bertz CT molecular complexity index is 265. The van der Waals surface area contributed by atoms with E-state index in [0.29, 0.717) is 0 Å². The lowest BCUT2D eigenvalue weighted by Crippen LogP contribution is -2.28. The normalized spacial score (nSPS) is 14.3. The number of rotatable bonds is 3. The Hall–Kier alpha value is -0.640. The van der Waals surface area contributed by atoms with E-state index in [0.717, 1.165) is 5.56 Å². The van der Waals surface area contributed by atoms with Crippen LogP contribution in [0.5, 0.6) is 0 Å². The van der Waals surface area contributed by atoms with Crippen LogP contribution in [0.25, 0.3) is 0 Å². The number of aliphatic hydroxyl groups excluding tert-OH is 1. The Labute approximate surface area is 89.6 Å². The third-order valence-corrected chi connectivity index (χ3v) is 2.14. The molecule has 1 aromatic carbocycles. The van der Waals surface area contributed by atoms with Gasteiger partial charge in [-0.3, -0.25) is 0 Å². The molecule has 1 unspecified atom stereocenters. The fourth-order valence-electron chi connectivity index (χ4n) is 1.11. The minimum Gasteiger partial charge on any atom is -0.387 e. The zero-order chi connectivity index (χ0) is 9.84. The third-order valence-electron chi connectivity index (χ3n) is 2.14. The summed E-state index contributed by atoms with van der Waals surface area (Å²) in [7, 11) is 1.78. The van der Waals surface area contributed by atoms with Gasteiger partial charge in [-0.1, -0.05) is 12.1 Å². The molecule has 2 N–H and O–H groups in total. The monoisotopic (exact) mass is 219 g/mol. The van der Waals surface area contributed by atoms with Gasteiger partial charge in [0.15, 0.2) is 0 Å². The second-order valence-corrected chi connectivity index (χ2v) is 3.07. The molecule has 0 aliphatic rings. The molecule has 14 heavy (non-hydrogen) atoms. The average Bonchev–Trinajstić information content (AvgIpc) is 2.17. The number of halogens is 2. The van der Waals surface area contributed by atoms with E-state index in [2.05, 4.69) is 5.32 Å². The molecule has 2 atom stereocenters. The standard InChI is InChI=1S/C10H14FNO.ClH/c1-7(12-2)10(13)8-3-5-9(11)6-4-8;/h3-7,10,12-13H,1-2H3;1H/t7-,10?;/m0./s1. The molecule has 0 fully saturated rings. The summed E-state index contributed by atoms with van der Waals surface area (Å²) < 4.78 is 12.5. The van der Waals surface area contributed by atoms with Crippen molar-refractivity contribution >= 4 is 12.4 Å². The summed E-state index contributed by atoms with van der Waals surface area (Å²) in [6.07, 6.45) is -0.592. The van der Waals surface area contributed by atoms with Crippen LogP contribution in [0.1, 0.15) is 18.6 Å². The van der Waals surface area contributed by atoms with Crippen molar-refractivity contribution in [2.75, 3.05) is 7.05 Å². The largest absolute Gasteiger partial charge is 0.387 e. The van der Waals surface area contributed by atoms with Gasteiger partial charge in [-0.05, 0) is 31.7 Å². The molecule has 0 bridgehead atoms. The van der Waals surface area contributed by atoms with Crippen molar-refractivity contribution in [2.45, 2.75) is 19.1 Å². The SMILES string of the molecule is CN[C@@H](C)C(O)c1ccc(F)cc1.Cl. The number of hydrogen-bond acceptors (Lipinski definition) is 2. The van der Waals surface area contributed by atoms with Gasteiger partial charge in [0.1, 0.15) is 5.82 Å². The molecule has 2 nitrogen and oxygen atoms in total. The van der Waals surface area contributed by atoms with Crippen LogP contribution in [0.2, 0.25) is 0 Å². The van der Waals surface area contributed by atoms with E-state index >= 15 is 0 Å². The van der Waals surface area contributed by atoms with Crippen LogP contribution in [-0.2, 0) is 0 Å². The summed E-state index contributed by atoms with van der Waals surface area (Å²) in [5, 5.41) is 12.6. The minimum absolute atomic E-state index is 0. The first-order valence-corrected chi connectivity index (χ1v) is 4.26. The van der Waals surface area contributed by atoms with Gasteiger partial charge in [0.05, 0.1) is 6.10 Å². The maximum Gasteiger partial charge on any atom is 0.123 e. The number of likely N-dealkylation sites (N-methyl/N-ethyl adjacent to an activating group) is 1. The lowest BCUT2D eigenvalue weighted by atomic mass is 10.0. The van der Waals surface area contributed by atoms with Crippen molar-refractivity contribution < 1.29 is 9.50 Å². The van der Waals surface area contributed by atoms with Crippen LogP contribution < -0.4 is 5.32 Å². The van der Waals surface area contributed by atoms with Gasteiger partial charge in [-0.25, -0.2) is 4.39 Å². The molecular formula is C10H15ClFNO. The van der Waals surface area contributed by atoms with Gasteiger partial charge >= 0.3 is 0 Å². The van der Waals surface area contributed by atoms with Crippen molar-refractivity contribution in [3.05, 3.63) is 35.6 Å². The first kappa shape index (κ1) is 13.4. The van der Waals surface area contributed by atoms with E-state index < -0.39 is 6.10 Å². The number of hydrogen-bond donors (Lipinski definition) is 2. The molecule has 0 radical (unpaired) electrons. The summed E-state index contributed by atoms with van der Waals surface area (Å²) in [6.45, 7) is 1.87. The highest BCUT2D eigenvalue weighted by Crippen LogP contribution is 2.16. The van der Waals surface area contributed by atoms with Gasteiger partial charge < -0.3 is 10.4 Å². The fourth-order valence-corrected chi connectivity index (χ4v) is 1.11.